The molecule has 28 heavy (non-hydrogen) atoms. The number of hydrogen-bond acceptors (Lipinski definition) is 4. The van der Waals surface area contributed by atoms with E-state index in [4.69, 9.17) is 0 Å². The van der Waals surface area contributed by atoms with E-state index in [0.29, 0.717) is 25.2 Å². The summed E-state index contributed by atoms with van der Waals surface area (Å²) < 4.78 is 0. The molecular weight excluding hydrogens is 380 g/mol. The van der Waals surface area contributed by atoms with Crippen LogP contribution in [-0.4, -0.2) is 59.4 Å². The van der Waals surface area contributed by atoms with Gasteiger partial charge in [-0.2, -0.15) is 0 Å². The Morgan fingerprint density at radius 3 is 2.54 bits per heavy atom. The molecule has 0 aromatic heterocycles. The van der Waals surface area contributed by atoms with E-state index in [2.05, 4.69) is 10.6 Å². The van der Waals surface area contributed by atoms with Crippen molar-refractivity contribution in [1.29, 1.82) is 0 Å². The van der Waals surface area contributed by atoms with E-state index >= 15 is 0 Å². The van der Waals surface area contributed by atoms with Crippen molar-refractivity contribution in [2.75, 3.05) is 19.6 Å². The molecule has 4 amide bonds. The van der Waals surface area contributed by atoms with Crippen LogP contribution in [0.4, 0.5) is 4.79 Å². The highest BCUT2D eigenvalue weighted by Gasteiger charge is 2.49. The predicted octanol–water partition coefficient (Wildman–Crippen LogP) is 1.54. The van der Waals surface area contributed by atoms with Crippen molar-refractivity contribution in [3.05, 3.63) is 35.4 Å². The van der Waals surface area contributed by atoms with Gasteiger partial charge in [0.2, 0.25) is 5.91 Å². The van der Waals surface area contributed by atoms with Gasteiger partial charge in [0.15, 0.2) is 0 Å². The summed E-state index contributed by atoms with van der Waals surface area (Å²) in [4.78, 5) is 41.1. The Hall–Kier alpha value is -2.12. The fourth-order valence-corrected chi connectivity index (χ4v) is 4.33. The first kappa shape index (κ1) is 20.6. The summed E-state index contributed by atoms with van der Waals surface area (Å²) in [5.41, 5.74) is 0.665. The number of imide groups is 1. The second kappa shape index (κ2) is 7.72. The second-order valence-electron chi connectivity index (χ2n) is 8.08. The largest absolute Gasteiger partial charge is 0.340 e. The Kier molecular flexibility index (Phi) is 5.68. The van der Waals surface area contributed by atoms with Crippen LogP contribution in [0.2, 0.25) is 0 Å². The number of carbonyl (C=O) groups excluding carboxylic acids is 3. The summed E-state index contributed by atoms with van der Waals surface area (Å²) >= 11 is 0. The number of nitrogens with one attached hydrogen (secondary N) is 2. The highest BCUT2D eigenvalue weighted by atomic mass is 35.5. The third-order valence-electron chi connectivity index (χ3n) is 6.07. The first-order valence-corrected chi connectivity index (χ1v) is 9.62. The smallest absolute Gasteiger partial charge is 0.325 e. The summed E-state index contributed by atoms with van der Waals surface area (Å²) in [6.45, 7) is 4.77. The summed E-state index contributed by atoms with van der Waals surface area (Å²) in [6.07, 6.45) is 3.15. The molecule has 8 heteroatoms. The molecule has 2 bridgehead atoms. The van der Waals surface area contributed by atoms with Crippen molar-refractivity contribution < 1.29 is 14.4 Å². The number of aryl methyl sites for hydroxylation is 1. The Balaban J connectivity index is 0.00000225. The molecule has 3 aliphatic heterocycles. The number of nitrogens with zero attached hydrogens (tertiary/aromatic N) is 2. The van der Waals surface area contributed by atoms with E-state index in [9.17, 15) is 14.4 Å². The lowest BCUT2D eigenvalue weighted by Gasteiger charge is -2.26. The van der Waals surface area contributed by atoms with Gasteiger partial charge < -0.3 is 15.5 Å². The second-order valence-corrected chi connectivity index (χ2v) is 8.08. The Morgan fingerprint density at radius 1 is 1.14 bits per heavy atom. The zero-order valence-corrected chi connectivity index (χ0v) is 17.1. The number of benzene rings is 1. The van der Waals surface area contributed by atoms with E-state index in [0.717, 1.165) is 35.3 Å². The Labute approximate surface area is 171 Å². The van der Waals surface area contributed by atoms with Gasteiger partial charge in [-0.25, -0.2) is 4.79 Å². The minimum atomic E-state index is -1.13. The molecule has 0 saturated carbocycles. The van der Waals surface area contributed by atoms with Crippen LogP contribution in [0, 0.1) is 6.92 Å². The maximum Gasteiger partial charge on any atom is 0.325 e. The summed E-state index contributed by atoms with van der Waals surface area (Å²) in [5, 5.41) is 6.30. The van der Waals surface area contributed by atoms with E-state index in [-0.39, 0.29) is 30.8 Å². The zero-order valence-electron chi connectivity index (χ0n) is 16.2. The van der Waals surface area contributed by atoms with E-state index < -0.39 is 11.6 Å². The van der Waals surface area contributed by atoms with Gasteiger partial charge in [-0.05, 0) is 38.7 Å². The van der Waals surface area contributed by atoms with Crippen LogP contribution in [0.15, 0.2) is 24.3 Å². The van der Waals surface area contributed by atoms with Crippen molar-refractivity contribution >= 4 is 30.3 Å². The molecule has 1 aromatic rings. The van der Waals surface area contributed by atoms with Gasteiger partial charge >= 0.3 is 6.03 Å². The number of carbonyl (C=O) groups is 3. The van der Waals surface area contributed by atoms with Crippen molar-refractivity contribution in [3.63, 3.8) is 0 Å². The topological polar surface area (TPSA) is 81.8 Å². The number of halogens is 1. The van der Waals surface area contributed by atoms with E-state index in [1.54, 1.807) is 11.8 Å². The normalized spacial score (nSPS) is 29.4. The Bertz CT molecular complexity index is 784. The van der Waals surface area contributed by atoms with Crippen LogP contribution in [-0.2, 0) is 15.1 Å². The van der Waals surface area contributed by atoms with E-state index in [1.165, 1.54) is 0 Å². The van der Waals surface area contributed by atoms with Gasteiger partial charge in [0.05, 0.1) is 0 Å². The number of likely N-dealkylation sites (tertiary alicyclic amines) is 1. The molecule has 1 aromatic carbocycles. The maximum absolute atomic E-state index is 13.0. The van der Waals surface area contributed by atoms with Gasteiger partial charge in [0.25, 0.3) is 5.91 Å². The monoisotopic (exact) mass is 406 g/mol. The average Bonchev–Trinajstić information content (AvgIpc) is 3.07. The third kappa shape index (κ3) is 3.61. The van der Waals surface area contributed by atoms with Crippen LogP contribution in [0.25, 0.3) is 0 Å². The summed E-state index contributed by atoms with van der Waals surface area (Å²) in [5.74, 6) is -0.542. The molecule has 0 spiro atoms. The van der Waals surface area contributed by atoms with Crippen molar-refractivity contribution in [1.82, 2.24) is 20.4 Å². The fraction of sp³-hybridized carbons (Fsp3) is 0.550. The van der Waals surface area contributed by atoms with Crippen LogP contribution < -0.4 is 10.6 Å². The molecule has 3 aliphatic rings. The lowest BCUT2D eigenvalue weighted by atomic mass is 9.91. The highest BCUT2D eigenvalue weighted by molar-refractivity contribution is 6.09. The quantitative estimate of drug-likeness (QED) is 0.746. The molecule has 3 atom stereocenters. The highest BCUT2D eigenvalue weighted by Crippen LogP contribution is 2.29. The number of fused-ring (bicyclic) bond motifs is 2. The van der Waals surface area contributed by atoms with Crippen molar-refractivity contribution in [2.24, 2.45) is 0 Å². The first-order valence-electron chi connectivity index (χ1n) is 9.62. The average molecular weight is 407 g/mol. The van der Waals surface area contributed by atoms with Crippen LogP contribution in [0.5, 0.6) is 0 Å². The molecular formula is C20H27ClN4O3. The van der Waals surface area contributed by atoms with Gasteiger partial charge in [0, 0.05) is 25.2 Å². The van der Waals surface area contributed by atoms with Crippen LogP contribution in [0.1, 0.15) is 37.3 Å². The number of hydrogen-bond donors (Lipinski definition) is 2. The molecule has 7 nitrogen and oxygen atoms in total. The molecule has 152 valence electrons. The molecule has 2 N–H and O–H groups in total. The Morgan fingerprint density at radius 2 is 1.82 bits per heavy atom. The summed E-state index contributed by atoms with van der Waals surface area (Å²) in [7, 11) is 0. The minimum Gasteiger partial charge on any atom is -0.340 e. The standard InChI is InChI=1S/C20H26N4O3.ClH/c1-13-3-5-14(6-4-13)20(2)18(26)24(19(27)22-20)12-17(25)23-10-9-15-7-8-16(11-23)21-15;/h3-6,15-16,21H,7-12H2,1-2H3,(H,22,27);1H. The fourth-order valence-electron chi connectivity index (χ4n) is 4.33. The number of urea groups is 1. The van der Waals surface area contributed by atoms with Gasteiger partial charge in [0.1, 0.15) is 12.1 Å². The third-order valence-corrected chi connectivity index (χ3v) is 6.07. The SMILES string of the molecule is Cc1ccc(C2(C)NC(=O)N(CC(=O)N3CCC4CCC(C3)N4)C2=O)cc1.Cl. The maximum atomic E-state index is 13.0. The zero-order chi connectivity index (χ0) is 19.2. The van der Waals surface area contributed by atoms with Gasteiger partial charge in [-0.15, -0.1) is 12.4 Å². The summed E-state index contributed by atoms with van der Waals surface area (Å²) in [6, 6.07) is 7.80. The van der Waals surface area contributed by atoms with Crippen molar-refractivity contribution in [3.8, 4) is 0 Å². The lowest BCUT2D eigenvalue weighted by Crippen LogP contribution is -2.46. The van der Waals surface area contributed by atoms with Gasteiger partial charge in [-0.1, -0.05) is 29.8 Å². The van der Waals surface area contributed by atoms with Crippen molar-refractivity contribution in [2.45, 2.75) is 50.7 Å². The number of amides is 4. The molecule has 3 fully saturated rings. The molecule has 4 rings (SSSR count). The molecule has 0 aliphatic carbocycles. The molecule has 3 heterocycles. The van der Waals surface area contributed by atoms with Crippen LogP contribution >= 0.6 is 12.4 Å². The molecule has 3 unspecified atom stereocenters. The minimum absolute atomic E-state index is 0. The predicted molar refractivity (Wildman–Crippen MR) is 107 cm³/mol. The lowest BCUT2D eigenvalue weighted by molar-refractivity contribution is -0.139. The van der Waals surface area contributed by atoms with Crippen LogP contribution in [0.3, 0.4) is 0 Å². The van der Waals surface area contributed by atoms with E-state index in [1.807, 2.05) is 31.2 Å². The molecule has 0 radical (unpaired) electrons. The van der Waals surface area contributed by atoms with Gasteiger partial charge in [-0.3, -0.25) is 14.5 Å². The number of rotatable bonds is 3. The first-order chi connectivity index (χ1) is 12.9. The molecule has 3 saturated heterocycles.